The van der Waals surface area contributed by atoms with E-state index in [9.17, 15) is 9.59 Å². The van der Waals surface area contributed by atoms with Gasteiger partial charge in [0.05, 0.1) is 18.7 Å². The van der Waals surface area contributed by atoms with Crippen LogP contribution in [0.1, 0.15) is 25.8 Å². The molecule has 2 heterocycles. The van der Waals surface area contributed by atoms with Crippen LogP contribution in [0.15, 0.2) is 12.4 Å². The maximum absolute atomic E-state index is 12.0. The molecule has 0 saturated carbocycles. The van der Waals surface area contributed by atoms with Crippen LogP contribution < -0.4 is 5.32 Å². The monoisotopic (exact) mass is 278 g/mol. The molecule has 0 bridgehead atoms. The second-order valence-electron chi connectivity index (χ2n) is 5.61. The van der Waals surface area contributed by atoms with Gasteiger partial charge >= 0.3 is 0 Å². The average molecular weight is 278 g/mol. The molecule has 6 nitrogen and oxygen atoms in total. The number of likely N-dealkylation sites (tertiary alicyclic amines) is 1. The predicted molar refractivity (Wildman–Crippen MR) is 74.9 cm³/mol. The van der Waals surface area contributed by atoms with E-state index in [2.05, 4.69) is 10.4 Å². The molecule has 1 saturated heterocycles. The zero-order valence-electron chi connectivity index (χ0n) is 12.3. The molecule has 1 fully saturated rings. The van der Waals surface area contributed by atoms with Crippen LogP contribution >= 0.6 is 0 Å². The van der Waals surface area contributed by atoms with Gasteiger partial charge in [0.2, 0.25) is 11.8 Å². The van der Waals surface area contributed by atoms with E-state index in [0.29, 0.717) is 26.1 Å². The van der Waals surface area contributed by atoms with E-state index in [4.69, 9.17) is 0 Å². The zero-order valence-corrected chi connectivity index (χ0v) is 12.3. The van der Waals surface area contributed by atoms with Crippen molar-refractivity contribution in [2.45, 2.75) is 39.8 Å². The summed E-state index contributed by atoms with van der Waals surface area (Å²) in [5.74, 6) is -0.183. The number of aryl methyl sites for hydroxylation is 1. The summed E-state index contributed by atoms with van der Waals surface area (Å²) in [6.45, 7) is 7.63. The highest BCUT2D eigenvalue weighted by molar-refractivity contribution is 5.89. The molecule has 2 rings (SSSR count). The Balaban J connectivity index is 1.77. The summed E-state index contributed by atoms with van der Waals surface area (Å²) in [7, 11) is 0. The Morgan fingerprint density at radius 1 is 1.55 bits per heavy atom. The van der Waals surface area contributed by atoms with Crippen molar-refractivity contribution < 1.29 is 9.59 Å². The predicted octanol–water partition coefficient (Wildman–Crippen LogP) is 0.565. The molecule has 0 spiro atoms. The molecular weight excluding hydrogens is 256 g/mol. The van der Waals surface area contributed by atoms with Crippen molar-refractivity contribution in [1.82, 2.24) is 20.0 Å². The largest absolute Gasteiger partial charge is 0.354 e. The van der Waals surface area contributed by atoms with Crippen LogP contribution in [0.25, 0.3) is 0 Å². The molecule has 0 radical (unpaired) electrons. The molecule has 0 aromatic carbocycles. The molecule has 1 aliphatic heterocycles. The Hall–Kier alpha value is -1.85. The summed E-state index contributed by atoms with van der Waals surface area (Å²) in [4.78, 5) is 25.6. The van der Waals surface area contributed by atoms with Gasteiger partial charge in [0.1, 0.15) is 0 Å². The van der Waals surface area contributed by atoms with E-state index < -0.39 is 0 Å². The number of nitrogens with one attached hydrogen (secondary N) is 1. The first-order valence-corrected chi connectivity index (χ1v) is 7.03. The van der Waals surface area contributed by atoms with E-state index in [1.807, 2.05) is 27.0 Å². The lowest BCUT2D eigenvalue weighted by atomic mass is 10.1. The number of nitrogens with zero attached hydrogens (tertiary/aromatic N) is 3. The molecule has 0 aliphatic carbocycles. The summed E-state index contributed by atoms with van der Waals surface area (Å²) >= 11 is 0. The quantitative estimate of drug-likeness (QED) is 0.856. The van der Waals surface area contributed by atoms with Crippen LogP contribution in [0.5, 0.6) is 0 Å². The molecule has 1 aromatic rings. The summed E-state index contributed by atoms with van der Waals surface area (Å²) in [6, 6.07) is 0.160. The fraction of sp³-hybridized carbons (Fsp3) is 0.643. The molecule has 110 valence electrons. The van der Waals surface area contributed by atoms with Crippen molar-refractivity contribution in [2.75, 3.05) is 13.1 Å². The minimum atomic E-state index is -0.218. The SMILES string of the molecule is Cc1cnn(CCNC(=O)[C@H]2CC(=O)N(C(C)C)C2)c1. The molecular formula is C14H22N4O2. The van der Waals surface area contributed by atoms with Crippen molar-refractivity contribution in [3.05, 3.63) is 18.0 Å². The van der Waals surface area contributed by atoms with Gasteiger partial charge in [-0.3, -0.25) is 14.3 Å². The first-order valence-electron chi connectivity index (χ1n) is 7.03. The topological polar surface area (TPSA) is 67.2 Å². The summed E-state index contributed by atoms with van der Waals surface area (Å²) < 4.78 is 1.80. The second kappa shape index (κ2) is 6.07. The lowest BCUT2D eigenvalue weighted by molar-refractivity contribution is -0.129. The van der Waals surface area contributed by atoms with Crippen molar-refractivity contribution in [3.8, 4) is 0 Å². The number of rotatable bonds is 5. The molecule has 1 atom stereocenters. The van der Waals surface area contributed by atoms with Crippen LogP contribution in [0.3, 0.4) is 0 Å². The lowest BCUT2D eigenvalue weighted by Crippen LogP contribution is -2.36. The maximum Gasteiger partial charge on any atom is 0.225 e. The average Bonchev–Trinajstić information content (AvgIpc) is 2.95. The van der Waals surface area contributed by atoms with Crippen molar-refractivity contribution in [2.24, 2.45) is 5.92 Å². The van der Waals surface area contributed by atoms with Gasteiger partial charge in [-0.25, -0.2) is 0 Å². The zero-order chi connectivity index (χ0) is 14.7. The number of amides is 2. The number of carbonyl (C=O) groups is 2. The third kappa shape index (κ3) is 3.37. The van der Waals surface area contributed by atoms with Gasteiger partial charge in [0.15, 0.2) is 0 Å². The van der Waals surface area contributed by atoms with E-state index >= 15 is 0 Å². The summed E-state index contributed by atoms with van der Waals surface area (Å²) in [6.07, 6.45) is 4.05. The van der Waals surface area contributed by atoms with Crippen LogP contribution in [0.2, 0.25) is 0 Å². The number of aromatic nitrogens is 2. The Morgan fingerprint density at radius 3 is 2.85 bits per heavy atom. The minimum Gasteiger partial charge on any atom is -0.354 e. The highest BCUT2D eigenvalue weighted by Gasteiger charge is 2.35. The van der Waals surface area contributed by atoms with Crippen molar-refractivity contribution in [1.29, 1.82) is 0 Å². The van der Waals surface area contributed by atoms with Crippen LogP contribution in [0.4, 0.5) is 0 Å². The van der Waals surface area contributed by atoms with Gasteiger partial charge < -0.3 is 10.2 Å². The third-order valence-corrected chi connectivity index (χ3v) is 3.56. The van der Waals surface area contributed by atoms with Gasteiger partial charge in [-0.15, -0.1) is 0 Å². The molecule has 1 aromatic heterocycles. The fourth-order valence-electron chi connectivity index (χ4n) is 2.43. The van der Waals surface area contributed by atoms with Crippen LogP contribution in [-0.4, -0.2) is 45.6 Å². The molecule has 0 unspecified atom stereocenters. The molecule has 6 heteroatoms. The fourth-order valence-corrected chi connectivity index (χ4v) is 2.43. The first kappa shape index (κ1) is 14.6. The van der Waals surface area contributed by atoms with Gasteiger partial charge in [-0.2, -0.15) is 5.10 Å². The van der Waals surface area contributed by atoms with E-state index in [0.717, 1.165) is 5.56 Å². The van der Waals surface area contributed by atoms with E-state index in [1.165, 1.54) is 0 Å². The highest BCUT2D eigenvalue weighted by atomic mass is 16.2. The summed E-state index contributed by atoms with van der Waals surface area (Å²) in [5.41, 5.74) is 1.10. The van der Waals surface area contributed by atoms with Crippen molar-refractivity contribution in [3.63, 3.8) is 0 Å². The summed E-state index contributed by atoms with van der Waals surface area (Å²) in [5, 5.41) is 7.04. The van der Waals surface area contributed by atoms with Gasteiger partial charge in [0, 0.05) is 31.7 Å². The van der Waals surface area contributed by atoms with Crippen LogP contribution in [-0.2, 0) is 16.1 Å². The van der Waals surface area contributed by atoms with Crippen LogP contribution in [0, 0.1) is 12.8 Å². The smallest absolute Gasteiger partial charge is 0.225 e. The standard InChI is InChI=1S/C14H22N4O2/c1-10(2)18-9-12(6-13(18)19)14(20)15-4-5-17-8-11(3)7-16-17/h7-8,10,12H,4-6,9H2,1-3H3,(H,15,20)/t12-/m0/s1. The Morgan fingerprint density at radius 2 is 2.30 bits per heavy atom. The van der Waals surface area contributed by atoms with E-state index in [1.54, 1.807) is 15.8 Å². The molecule has 1 aliphatic rings. The number of hydrogen-bond donors (Lipinski definition) is 1. The van der Waals surface area contributed by atoms with E-state index in [-0.39, 0.29) is 23.8 Å². The number of hydrogen-bond acceptors (Lipinski definition) is 3. The first-order chi connectivity index (χ1) is 9.47. The Kier molecular flexibility index (Phi) is 4.42. The molecule has 20 heavy (non-hydrogen) atoms. The van der Waals surface area contributed by atoms with Crippen molar-refractivity contribution >= 4 is 11.8 Å². The Bertz CT molecular complexity index is 495. The van der Waals surface area contributed by atoms with Gasteiger partial charge in [0.25, 0.3) is 0 Å². The normalized spacial score (nSPS) is 18.9. The molecule has 1 N–H and O–H groups in total. The molecule has 2 amide bonds. The maximum atomic E-state index is 12.0. The third-order valence-electron chi connectivity index (χ3n) is 3.56. The minimum absolute atomic E-state index is 0.0367. The second-order valence-corrected chi connectivity index (χ2v) is 5.61. The van der Waals surface area contributed by atoms with Gasteiger partial charge in [-0.1, -0.05) is 0 Å². The van der Waals surface area contributed by atoms with Gasteiger partial charge in [-0.05, 0) is 26.3 Å². The Labute approximate surface area is 119 Å². The number of carbonyl (C=O) groups excluding carboxylic acids is 2. The highest BCUT2D eigenvalue weighted by Crippen LogP contribution is 2.19. The lowest BCUT2D eigenvalue weighted by Gasteiger charge is -2.20.